The summed E-state index contributed by atoms with van der Waals surface area (Å²) in [7, 11) is 4.08. The summed E-state index contributed by atoms with van der Waals surface area (Å²) in [6.07, 6.45) is 1.30. The highest BCUT2D eigenvalue weighted by atomic mass is 16.2. The van der Waals surface area contributed by atoms with E-state index < -0.39 is 0 Å². The first-order valence-electron chi connectivity index (χ1n) is 8.99. The number of aryl methyl sites for hydroxylation is 2. The Labute approximate surface area is 150 Å². The Morgan fingerprint density at radius 1 is 1.16 bits per heavy atom. The number of amides is 1. The molecule has 2 heterocycles. The Balaban J connectivity index is 1.73. The Morgan fingerprint density at radius 2 is 1.88 bits per heavy atom. The Kier molecular flexibility index (Phi) is 5.23. The maximum Gasteiger partial charge on any atom is 0.223 e. The molecule has 1 aromatic heterocycles. The molecule has 1 amide bonds. The van der Waals surface area contributed by atoms with Crippen LogP contribution in [-0.2, 0) is 18.3 Å². The van der Waals surface area contributed by atoms with E-state index in [1.807, 2.05) is 24.7 Å². The second-order valence-corrected chi connectivity index (χ2v) is 7.05. The van der Waals surface area contributed by atoms with Gasteiger partial charge in [-0.25, -0.2) is 0 Å². The lowest BCUT2D eigenvalue weighted by Gasteiger charge is -2.40. The lowest BCUT2D eigenvalue weighted by atomic mass is 10.0. The van der Waals surface area contributed by atoms with Crippen LogP contribution in [0.4, 0.5) is 0 Å². The predicted molar refractivity (Wildman–Crippen MR) is 99.4 cm³/mol. The lowest BCUT2D eigenvalue weighted by Crippen LogP contribution is -2.49. The van der Waals surface area contributed by atoms with Gasteiger partial charge in [0, 0.05) is 38.8 Å². The van der Waals surface area contributed by atoms with Crippen molar-refractivity contribution >= 4 is 5.91 Å². The van der Waals surface area contributed by atoms with Gasteiger partial charge in [0.15, 0.2) is 0 Å². The van der Waals surface area contributed by atoms with Crippen molar-refractivity contribution in [3.63, 3.8) is 0 Å². The number of rotatable bonds is 4. The van der Waals surface area contributed by atoms with E-state index in [0.717, 1.165) is 37.4 Å². The zero-order valence-electron chi connectivity index (χ0n) is 15.7. The van der Waals surface area contributed by atoms with Crippen LogP contribution in [0.2, 0.25) is 0 Å². The molecule has 0 aliphatic carbocycles. The van der Waals surface area contributed by atoms with Crippen molar-refractivity contribution in [1.29, 1.82) is 0 Å². The van der Waals surface area contributed by atoms with Crippen LogP contribution >= 0.6 is 0 Å². The van der Waals surface area contributed by atoms with Gasteiger partial charge in [0.1, 0.15) is 0 Å². The molecule has 2 aromatic rings. The largest absolute Gasteiger partial charge is 0.333 e. The van der Waals surface area contributed by atoms with Gasteiger partial charge in [0.2, 0.25) is 5.91 Å². The Morgan fingerprint density at radius 3 is 2.52 bits per heavy atom. The van der Waals surface area contributed by atoms with Gasteiger partial charge in [-0.3, -0.25) is 9.48 Å². The molecule has 1 unspecified atom stereocenters. The summed E-state index contributed by atoms with van der Waals surface area (Å²) < 4.78 is 1.90. The molecule has 0 bridgehead atoms. The van der Waals surface area contributed by atoms with E-state index in [1.165, 1.54) is 11.1 Å². The third kappa shape index (κ3) is 3.76. The summed E-state index contributed by atoms with van der Waals surface area (Å²) in [5.74, 6) is 0.240. The highest BCUT2D eigenvalue weighted by molar-refractivity contribution is 5.77. The number of carbonyl (C=O) groups excluding carboxylic acids is 1. The monoisotopic (exact) mass is 340 g/mol. The van der Waals surface area contributed by atoms with Crippen molar-refractivity contribution in [3.05, 3.63) is 52.8 Å². The van der Waals surface area contributed by atoms with E-state index in [4.69, 9.17) is 0 Å². The van der Waals surface area contributed by atoms with Crippen LogP contribution in [0.15, 0.2) is 30.3 Å². The van der Waals surface area contributed by atoms with Crippen molar-refractivity contribution in [3.8, 4) is 0 Å². The molecule has 1 aromatic carbocycles. The van der Waals surface area contributed by atoms with Crippen molar-refractivity contribution in [2.24, 2.45) is 7.05 Å². The molecule has 134 valence electrons. The first kappa shape index (κ1) is 17.7. The minimum Gasteiger partial charge on any atom is -0.333 e. The summed E-state index contributed by atoms with van der Waals surface area (Å²) in [4.78, 5) is 17.3. The van der Waals surface area contributed by atoms with Crippen LogP contribution in [0.3, 0.4) is 0 Å². The lowest BCUT2D eigenvalue weighted by molar-refractivity contribution is -0.136. The maximum atomic E-state index is 13.0. The molecule has 25 heavy (non-hydrogen) atoms. The van der Waals surface area contributed by atoms with Crippen molar-refractivity contribution in [2.75, 3.05) is 26.7 Å². The number of aromatic nitrogens is 2. The first-order chi connectivity index (χ1) is 12.0. The van der Waals surface area contributed by atoms with Gasteiger partial charge in [0.25, 0.3) is 0 Å². The van der Waals surface area contributed by atoms with Crippen molar-refractivity contribution in [2.45, 2.75) is 32.7 Å². The van der Waals surface area contributed by atoms with E-state index >= 15 is 0 Å². The molecule has 0 N–H and O–H groups in total. The third-order valence-corrected chi connectivity index (χ3v) is 5.34. The molecule has 0 saturated carbocycles. The van der Waals surface area contributed by atoms with Crippen LogP contribution in [0.25, 0.3) is 0 Å². The number of likely N-dealkylation sites (N-methyl/N-ethyl adjacent to an activating group) is 1. The first-order valence-corrected chi connectivity index (χ1v) is 8.99. The topological polar surface area (TPSA) is 41.4 Å². The number of hydrogen-bond acceptors (Lipinski definition) is 3. The fraction of sp³-hybridized carbons (Fsp3) is 0.500. The normalized spacial score (nSPS) is 18.6. The van der Waals surface area contributed by atoms with Gasteiger partial charge in [-0.1, -0.05) is 30.3 Å². The van der Waals surface area contributed by atoms with Crippen LogP contribution in [0, 0.1) is 13.8 Å². The predicted octanol–water partition coefficient (Wildman–Crippen LogP) is 2.48. The van der Waals surface area contributed by atoms with E-state index in [1.54, 1.807) is 0 Å². The van der Waals surface area contributed by atoms with Gasteiger partial charge < -0.3 is 9.80 Å². The Hall–Kier alpha value is -2.14. The van der Waals surface area contributed by atoms with Crippen LogP contribution in [-0.4, -0.2) is 52.2 Å². The number of carbonyl (C=O) groups is 1. The van der Waals surface area contributed by atoms with E-state index in [9.17, 15) is 4.79 Å². The van der Waals surface area contributed by atoms with Crippen molar-refractivity contribution in [1.82, 2.24) is 19.6 Å². The average Bonchev–Trinajstić information content (AvgIpc) is 2.85. The minimum atomic E-state index is 0.142. The van der Waals surface area contributed by atoms with Gasteiger partial charge in [-0.2, -0.15) is 5.10 Å². The van der Waals surface area contributed by atoms with Gasteiger partial charge in [-0.05, 0) is 38.4 Å². The van der Waals surface area contributed by atoms with Crippen LogP contribution in [0.1, 0.15) is 35.0 Å². The molecule has 3 rings (SSSR count). The summed E-state index contributed by atoms with van der Waals surface area (Å²) in [5.41, 5.74) is 4.62. The van der Waals surface area contributed by atoms with Crippen LogP contribution in [0.5, 0.6) is 0 Å². The second kappa shape index (κ2) is 7.40. The molecule has 5 heteroatoms. The third-order valence-electron chi connectivity index (χ3n) is 5.34. The number of benzene rings is 1. The Bertz CT molecular complexity index is 738. The molecule has 1 fully saturated rings. The molecular weight excluding hydrogens is 312 g/mol. The molecule has 0 spiro atoms. The van der Waals surface area contributed by atoms with E-state index in [-0.39, 0.29) is 11.9 Å². The second-order valence-electron chi connectivity index (χ2n) is 7.05. The quantitative estimate of drug-likeness (QED) is 0.859. The maximum absolute atomic E-state index is 13.0. The van der Waals surface area contributed by atoms with E-state index in [2.05, 4.69) is 53.1 Å². The summed E-state index contributed by atoms with van der Waals surface area (Å²) in [6.45, 7) is 6.71. The smallest absolute Gasteiger partial charge is 0.223 e. The van der Waals surface area contributed by atoms with Gasteiger partial charge >= 0.3 is 0 Å². The summed E-state index contributed by atoms with van der Waals surface area (Å²) >= 11 is 0. The van der Waals surface area contributed by atoms with Gasteiger partial charge in [0.05, 0.1) is 11.7 Å². The molecule has 1 saturated heterocycles. The zero-order valence-corrected chi connectivity index (χ0v) is 15.7. The average molecular weight is 340 g/mol. The molecule has 1 aliphatic rings. The number of piperazine rings is 1. The summed E-state index contributed by atoms with van der Waals surface area (Å²) in [6, 6.07) is 10.5. The minimum absolute atomic E-state index is 0.142. The molecule has 5 nitrogen and oxygen atoms in total. The van der Waals surface area contributed by atoms with Crippen molar-refractivity contribution < 1.29 is 4.79 Å². The molecule has 1 aliphatic heterocycles. The van der Waals surface area contributed by atoms with E-state index in [0.29, 0.717) is 6.42 Å². The van der Waals surface area contributed by atoms with Gasteiger partial charge in [-0.15, -0.1) is 0 Å². The SMILES string of the molecule is Cc1nn(C)c(C)c1CCC(=O)N1CCN(C)CC1c1ccccc1. The molecule has 0 radical (unpaired) electrons. The van der Waals surface area contributed by atoms with Crippen LogP contribution < -0.4 is 0 Å². The standard InChI is InChI=1S/C20H28N4O/c1-15-18(16(2)23(4)21-15)10-11-20(25)24-13-12-22(3)14-19(24)17-8-6-5-7-9-17/h5-9,19H,10-14H2,1-4H3. The number of nitrogens with zero attached hydrogens (tertiary/aromatic N) is 4. The molecule has 1 atom stereocenters. The summed E-state index contributed by atoms with van der Waals surface area (Å²) in [5, 5.41) is 4.46. The fourth-order valence-electron chi connectivity index (χ4n) is 3.73. The number of hydrogen-bond donors (Lipinski definition) is 0. The highest BCUT2D eigenvalue weighted by Crippen LogP contribution is 2.26. The zero-order chi connectivity index (χ0) is 18.0. The molecular formula is C20H28N4O. The highest BCUT2D eigenvalue weighted by Gasteiger charge is 2.30. The fourth-order valence-corrected chi connectivity index (χ4v) is 3.73.